The molecular weight excluding hydrogens is 471 g/mol. The van der Waals surface area contributed by atoms with E-state index in [9.17, 15) is 9.59 Å². The van der Waals surface area contributed by atoms with Gasteiger partial charge in [0.1, 0.15) is 0 Å². The van der Waals surface area contributed by atoms with Crippen LogP contribution in [0.2, 0.25) is 0 Å². The third kappa shape index (κ3) is 6.06. The number of aliphatic imine (C=N–C) groups is 1. The number of halogens is 1. The first-order valence-electron chi connectivity index (χ1n) is 9.48. The third-order valence-corrected chi connectivity index (χ3v) is 5.02. The van der Waals surface area contributed by atoms with Gasteiger partial charge < -0.3 is 16.0 Å². The third-order valence-electron chi connectivity index (χ3n) is 5.02. The molecule has 2 aliphatic heterocycles. The maximum Gasteiger partial charge on any atom is 0.324 e. The molecule has 2 aliphatic rings. The monoisotopic (exact) mass is 500 g/mol. The Labute approximate surface area is 183 Å². The summed E-state index contributed by atoms with van der Waals surface area (Å²) in [5.74, 6) is 0.501. The van der Waals surface area contributed by atoms with Crippen LogP contribution in [0.1, 0.15) is 18.4 Å². The van der Waals surface area contributed by atoms with Gasteiger partial charge in [0.2, 0.25) is 5.91 Å². The molecular formula is C19H29IN6O2. The van der Waals surface area contributed by atoms with Crippen molar-refractivity contribution in [2.75, 3.05) is 39.8 Å². The summed E-state index contributed by atoms with van der Waals surface area (Å²) in [5.41, 5.74) is 1.33. The molecule has 1 unspecified atom stereocenters. The lowest BCUT2D eigenvalue weighted by Gasteiger charge is -2.25. The number of rotatable bonds is 7. The highest BCUT2D eigenvalue weighted by molar-refractivity contribution is 14.0. The largest absolute Gasteiger partial charge is 0.355 e. The molecule has 1 atom stereocenters. The molecule has 0 bridgehead atoms. The van der Waals surface area contributed by atoms with Gasteiger partial charge >= 0.3 is 6.03 Å². The second-order valence-corrected chi connectivity index (χ2v) is 6.84. The van der Waals surface area contributed by atoms with Crippen molar-refractivity contribution in [1.82, 2.24) is 25.8 Å². The van der Waals surface area contributed by atoms with Crippen LogP contribution < -0.4 is 16.0 Å². The summed E-state index contributed by atoms with van der Waals surface area (Å²) < 4.78 is 0. The molecule has 9 heteroatoms. The summed E-state index contributed by atoms with van der Waals surface area (Å²) >= 11 is 0. The van der Waals surface area contributed by atoms with Gasteiger partial charge in [0.25, 0.3) is 0 Å². The summed E-state index contributed by atoms with van der Waals surface area (Å²) in [4.78, 5) is 31.1. The molecule has 0 aliphatic carbocycles. The first-order chi connectivity index (χ1) is 13.2. The molecule has 154 valence electrons. The summed E-state index contributed by atoms with van der Waals surface area (Å²) in [7, 11) is 1.72. The Hall–Kier alpha value is -1.88. The van der Waals surface area contributed by atoms with Gasteiger partial charge in [-0.15, -0.1) is 24.0 Å². The number of carbonyl (C=O) groups is 2. The zero-order valence-electron chi connectivity index (χ0n) is 16.2. The molecule has 1 aromatic carbocycles. The van der Waals surface area contributed by atoms with Gasteiger partial charge in [0.05, 0.1) is 6.54 Å². The first-order valence-corrected chi connectivity index (χ1v) is 9.48. The zero-order chi connectivity index (χ0) is 19.1. The van der Waals surface area contributed by atoms with Crippen LogP contribution in [0.15, 0.2) is 35.3 Å². The maximum absolute atomic E-state index is 11.6. The first kappa shape index (κ1) is 22.4. The van der Waals surface area contributed by atoms with Crippen LogP contribution >= 0.6 is 24.0 Å². The average Bonchev–Trinajstić information content (AvgIpc) is 3.26. The van der Waals surface area contributed by atoms with Crippen molar-refractivity contribution in [2.24, 2.45) is 4.99 Å². The standard InChI is InChI=1S/C19H28N6O2.HI/c1-20-18(21-9-11-25-17(26)13-23-19(25)27)22-12-16-8-5-10-24(16)14-15-6-3-2-4-7-15;/h2-4,6-7,16H,5,8-14H2,1H3,(H,23,27)(H2,20,21,22);1H. The van der Waals surface area contributed by atoms with Crippen molar-refractivity contribution >= 4 is 41.9 Å². The van der Waals surface area contributed by atoms with E-state index in [2.05, 4.69) is 50.1 Å². The number of hydrogen-bond acceptors (Lipinski definition) is 4. The molecule has 3 amide bonds. The van der Waals surface area contributed by atoms with Gasteiger partial charge in [-0.3, -0.25) is 19.6 Å². The van der Waals surface area contributed by atoms with E-state index in [4.69, 9.17) is 0 Å². The molecule has 8 nitrogen and oxygen atoms in total. The molecule has 2 saturated heterocycles. The van der Waals surface area contributed by atoms with Gasteiger partial charge in [-0.2, -0.15) is 0 Å². The summed E-state index contributed by atoms with van der Waals surface area (Å²) in [6, 6.07) is 10.7. The van der Waals surface area contributed by atoms with Gasteiger partial charge in [0, 0.05) is 39.3 Å². The topological polar surface area (TPSA) is 89.1 Å². The fourth-order valence-corrected chi connectivity index (χ4v) is 3.56. The van der Waals surface area contributed by atoms with Crippen LogP contribution in [0.25, 0.3) is 0 Å². The second kappa shape index (κ2) is 11.2. The van der Waals surface area contributed by atoms with Crippen LogP contribution in [-0.4, -0.2) is 73.5 Å². The molecule has 2 heterocycles. The molecule has 0 saturated carbocycles. The van der Waals surface area contributed by atoms with Crippen LogP contribution in [0.3, 0.4) is 0 Å². The molecule has 3 rings (SSSR count). The number of nitrogens with zero attached hydrogens (tertiary/aromatic N) is 3. The number of benzene rings is 1. The Morgan fingerprint density at radius 1 is 1.25 bits per heavy atom. The van der Waals surface area contributed by atoms with Gasteiger partial charge in [0.15, 0.2) is 5.96 Å². The Morgan fingerprint density at radius 3 is 2.71 bits per heavy atom. The highest BCUT2D eigenvalue weighted by Crippen LogP contribution is 2.19. The minimum absolute atomic E-state index is 0. The van der Waals surface area contributed by atoms with E-state index in [1.807, 2.05) is 6.07 Å². The molecule has 28 heavy (non-hydrogen) atoms. The second-order valence-electron chi connectivity index (χ2n) is 6.84. The van der Waals surface area contributed by atoms with Gasteiger partial charge in [-0.1, -0.05) is 30.3 Å². The average molecular weight is 500 g/mol. The minimum atomic E-state index is -0.327. The van der Waals surface area contributed by atoms with E-state index in [0.717, 1.165) is 19.6 Å². The predicted molar refractivity (Wildman–Crippen MR) is 120 cm³/mol. The van der Waals surface area contributed by atoms with Gasteiger partial charge in [-0.25, -0.2) is 4.79 Å². The lowest BCUT2D eigenvalue weighted by molar-refractivity contribution is -0.124. The number of urea groups is 1. The Kier molecular flexibility index (Phi) is 8.97. The lowest BCUT2D eigenvalue weighted by Crippen LogP contribution is -2.47. The highest BCUT2D eigenvalue weighted by Gasteiger charge is 2.28. The van der Waals surface area contributed by atoms with Crippen molar-refractivity contribution < 1.29 is 9.59 Å². The maximum atomic E-state index is 11.6. The van der Waals surface area contributed by atoms with Crippen LogP contribution in [0.4, 0.5) is 4.79 Å². The number of imide groups is 1. The molecule has 2 fully saturated rings. The van der Waals surface area contributed by atoms with E-state index in [-0.39, 0.29) is 42.5 Å². The predicted octanol–water partition coefficient (Wildman–Crippen LogP) is 0.986. The quantitative estimate of drug-likeness (QED) is 0.225. The molecule has 0 radical (unpaired) electrons. The minimum Gasteiger partial charge on any atom is -0.355 e. The highest BCUT2D eigenvalue weighted by atomic mass is 127. The normalized spacial score (nSPS) is 20.1. The van der Waals surface area contributed by atoms with E-state index in [0.29, 0.717) is 25.1 Å². The summed E-state index contributed by atoms with van der Waals surface area (Å²) in [6.45, 7) is 3.78. The van der Waals surface area contributed by atoms with Crippen LogP contribution in [-0.2, 0) is 11.3 Å². The van der Waals surface area contributed by atoms with Crippen molar-refractivity contribution in [3.05, 3.63) is 35.9 Å². The Morgan fingerprint density at radius 2 is 2.04 bits per heavy atom. The van der Waals surface area contributed by atoms with Crippen LogP contribution in [0, 0.1) is 0 Å². The van der Waals surface area contributed by atoms with E-state index in [1.54, 1.807) is 7.05 Å². The summed E-state index contributed by atoms with van der Waals surface area (Å²) in [5, 5.41) is 9.06. The van der Waals surface area contributed by atoms with E-state index >= 15 is 0 Å². The molecule has 0 spiro atoms. The fourth-order valence-electron chi connectivity index (χ4n) is 3.56. The molecule has 3 N–H and O–H groups in total. The number of nitrogens with one attached hydrogen (secondary N) is 3. The van der Waals surface area contributed by atoms with Crippen LogP contribution in [0.5, 0.6) is 0 Å². The zero-order valence-corrected chi connectivity index (χ0v) is 18.5. The van der Waals surface area contributed by atoms with Crippen molar-refractivity contribution in [3.8, 4) is 0 Å². The fraction of sp³-hybridized carbons (Fsp3) is 0.526. The number of hydrogen-bond donors (Lipinski definition) is 3. The SMILES string of the molecule is CN=C(NCCN1C(=O)CNC1=O)NCC1CCCN1Cc1ccccc1.I. The Balaban J connectivity index is 0.00000280. The van der Waals surface area contributed by atoms with E-state index < -0.39 is 0 Å². The van der Waals surface area contributed by atoms with Crippen molar-refractivity contribution in [2.45, 2.75) is 25.4 Å². The molecule has 1 aromatic rings. The number of carbonyl (C=O) groups excluding carboxylic acids is 2. The smallest absolute Gasteiger partial charge is 0.324 e. The van der Waals surface area contributed by atoms with Gasteiger partial charge in [-0.05, 0) is 24.9 Å². The number of guanidine groups is 1. The lowest BCUT2D eigenvalue weighted by atomic mass is 10.2. The number of likely N-dealkylation sites (tertiary alicyclic amines) is 1. The molecule has 0 aromatic heterocycles. The number of amides is 3. The summed E-state index contributed by atoms with van der Waals surface area (Å²) in [6.07, 6.45) is 2.37. The van der Waals surface area contributed by atoms with Crippen molar-refractivity contribution in [3.63, 3.8) is 0 Å². The van der Waals surface area contributed by atoms with E-state index in [1.165, 1.54) is 23.3 Å². The Bertz CT molecular complexity index is 668. The van der Waals surface area contributed by atoms with Crippen molar-refractivity contribution in [1.29, 1.82) is 0 Å².